The summed E-state index contributed by atoms with van der Waals surface area (Å²) in [6, 6.07) is 4.97. The summed E-state index contributed by atoms with van der Waals surface area (Å²) < 4.78 is 10.8. The van der Waals surface area contributed by atoms with Gasteiger partial charge in [0.25, 0.3) is 5.91 Å². The summed E-state index contributed by atoms with van der Waals surface area (Å²) in [6.07, 6.45) is 2.32. The van der Waals surface area contributed by atoms with E-state index in [1.54, 1.807) is 19.2 Å². The largest absolute Gasteiger partial charge is 0.497 e. The van der Waals surface area contributed by atoms with Gasteiger partial charge in [0.2, 0.25) is 0 Å². The maximum atomic E-state index is 12.5. The number of carboxylic acid groups (broad SMARTS) is 1. The van der Waals surface area contributed by atoms with Gasteiger partial charge in [0.05, 0.1) is 13.5 Å². The van der Waals surface area contributed by atoms with Gasteiger partial charge in [-0.15, -0.1) is 0 Å². The van der Waals surface area contributed by atoms with Crippen LogP contribution in [0.5, 0.6) is 5.75 Å². The molecule has 2 aromatic rings. The van der Waals surface area contributed by atoms with Crippen molar-refractivity contribution in [1.82, 2.24) is 5.32 Å². The molecule has 1 aromatic heterocycles. The van der Waals surface area contributed by atoms with Gasteiger partial charge in [-0.3, -0.25) is 9.59 Å². The second-order valence-corrected chi connectivity index (χ2v) is 5.83. The first-order valence-corrected chi connectivity index (χ1v) is 8.06. The van der Waals surface area contributed by atoms with Crippen molar-refractivity contribution in [3.8, 4) is 5.75 Å². The highest BCUT2D eigenvalue weighted by atomic mass is 16.5. The Bertz CT molecular complexity index is 734. The van der Waals surface area contributed by atoms with E-state index in [1.807, 2.05) is 19.9 Å². The van der Waals surface area contributed by atoms with Gasteiger partial charge in [-0.1, -0.05) is 19.8 Å². The molecule has 24 heavy (non-hydrogen) atoms. The van der Waals surface area contributed by atoms with Gasteiger partial charge in [0.15, 0.2) is 5.76 Å². The summed E-state index contributed by atoms with van der Waals surface area (Å²) in [5.41, 5.74) is 1.30. The first-order chi connectivity index (χ1) is 11.5. The number of methoxy groups -OCH3 is 1. The fourth-order valence-corrected chi connectivity index (χ4v) is 2.69. The zero-order valence-electron chi connectivity index (χ0n) is 14.2. The number of aryl methyl sites for hydroxylation is 1. The third kappa shape index (κ3) is 4.07. The Hall–Kier alpha value is -2.50. The minimum atomic E-state index is -0.928. The minimum Gasteiger partial charge on any atom is -0.497 e. The molecule has 1 unspecified atom stereocenters. The van der Waals surface area contributed by atoms with Crippen LogP contribution in [0, 0.1) is 6.92 Å². The Morgan fingerprint density at radius 3 is 2.75 bits per heavy atom. The van der Waals surface area contributed by atoms with E-state index in [1.165, 1.54) is 0 Å². The molecule has 0 saturated heterocycles. The van der Waals surface area contributed by atoms with Gasteiger partial charge in [-0.2, -0.15) is 0 Å². The Balaban J connectivity index is 2.22. The van der Waals surface area contributed by atoms with Gasteiger partial charge in [-0.25, -0.2) is 0 Å². The summed E-state index contributed by atoms with van der Waals surface area (Å²) in [5.74, 6) is -0.451. The highest BCUT2D eigenvalue weighted by Gasteiger charge is 2.22. The average molecular weight is 333 g/mol. The molecule has 6 heteroatoms. The van der Waals surface area contributed by atoms with Crippen molar-refractivity contribution in [3.63, 3.8) is 0 Å². The molecule has 0 aliphatic heterocycles. The maximum Gasteiger partial charge on any atom is 0.305 e. The number of hydrogen-bond donors (Lipinski definition) is 2. The molecular formula is C18H23NO5. The number of fused-ring (bicyclic) bond motifs is 1. The fraction of sp³-hybridized carbons (Fsp3) is 0.444. The van der Waals surface area contributed by atoms with Crippen molar-refractivity contribution in [3.05, 3.63) is 29.5 Å². The molecule has 0 fully saturated rings. The van der Waals surface area contributed by atoms with E-state index in [0.717, 1.165) is 23.8 Å². The monoisotopic (exact) mass is 333 g/mol. The van der Waals surface area contributed by atoms with Crippen molar-refractivity contribution in [2.45, 2.75) is 45.6 Å². The van der Waals surface area contributed by atoms with Crippen LogP contribution >= 0.6 is 0 Å². The molecule has 0 aliphatic rings. The van der Waals surface area contributed by atoms with Crippen molar-refractivity contribution in [2.75, 3.05) is 7.11 Å². The summed E-state index contributed by atoms with van der Waals surface area (Å²) in [4.78, 5) is 23.5. The van der Waals surface area contributed by atoms with Crippen LogP contribution in [0.15, 0.2) is 22.6 Å². The summed E-state index contributed by atoms with van der Waals surface area (Å²) >= 11 is 0. The second kappa shape index (κ2) is 7.86. The molecule has 130 valence electrons. The van der Waals surface area contributed by atoms with Gasteiger partial charge in [0.1, 0.15) is 11.3 Å². The smallest absolute Gasteiger partial charge is 0.305 e. The highest BCUT2D eigenvalue weighted by molar-refractivity contribution is 5.99. The number of aliphatic carboxylic acids is 1. The van der Waals surface area contributed by atoms with Crippen molar-refractivity contribution >= 4 is 22.8 Å². The summed E-state index contributed by atoms with van der Waals surface area (Å²) in [6.45, 7) is 3.84. The molecule has 0 bridgehead atoms. The zero-order valence-corrected chi connectivity index (χ0v) is 14.2. The lowest BCUT2D eigenvalue weighted by Crippen LogP contribution is -2.36. The van der Waals surface area contributed by atoms with E-state index < -0.39 is 12.0 Å². The van der Waals surface area contributed by atoms with Crippen LogP contribution in [0.4, 0.5) is 0 Å². The highest BCUT2D eigenvalue weighted by Crippen LogP contribution is 2.28. The molecule has 0 radical (unpaired) electrons. The fourth-order valence-electron chi connectivity index (χ4n) is 2.69. The standard InChI is InChI=1S/C18H23NO5/c1-4-5-6-12(9-16(20)21)19-18(22)17-11(2)14-8-7-13(23-3)10-15(14)24-17/h7-8,10,12H,4-6,9H2,1-3H3,(H,19,22)(H,20,21). The molecular weight excluding hydrogens is 310 g/mol. The quantitative estimate of drug-likeness (QED) is 0.771. The topological polar surface area (TPSA) is 88.8 Å². The van der Waals surface area contributed by atoms with Crippen LogP contribution < -0.4 is 10.1 Å². The number of carbonyl (C=O) groups excluding carboxylic acids is 1. The van der Waals surface area contributed by atoms with E-state index in [4.69, 9.17) is 14.3 Å². The molecule has 2 rings (SSSR count). The predicted molar refractivity (Wildman–Crippen MR) is 90.5 cm³/mol. The van der Waals surface area contributed by atoms with Crippen LogP contribution in [0.25, 0.3) is 11.0 Å². The lowest BCUT2D eigenvalue weighted by molar-refractivity contribution is -0.137. The van der Waals surface area contributed by atoms with Crippen molar-refractivity contribution in [2.24, 2.45) is 0 Å². The van der Waals surface area contributed by atoms with Gasteiger partial charge in [0, 0.05) is 23.1 Å². The number of carboxylic acids is 1. The lowest BCUT2D eigenvalue weighted by Gasteiger charge is -2.15. The Morgan fingerprint density at radius 2 is 2.12 bits per heavy atom. The SMILES string of the molecule is CCCCC(CC(=O)O)NC(=O)c1oc2cc(OC)ccc2c1C. The molecule has 0 spiro atoms. The van der Waals surface area contributed by atoms with Crippen molar-refractivity contribution < 1.29 is 23.8 Å². The number of ether oxygens (including phenoxy) is 1. The summed E-state index contributed by atoms with van der Waals surface area (Å²) in [5, 5.41) is 12.6. The van der Waals surface area contributed by atoms with E-state index in [9.17, 15) is 9.59 Å². The Labute approximate surface area is 140 Å². The third-order valence-electron chi connectivity index (χ3n) is 4.01. The van der Waals surface area contributed by atoms with Crippen molar-refractivity contribution in [1.29, 1.82) is 0 Å². The lowest BCUT2D eigenvalue weighted by atomic mass is 10.1. The maximum absolute atomic E-state index is 12.5. The zero-order chi connectivity index (χ0) is 17.7. The van der Waals surface area contributed by atoms with E-state index in [2.05, 4.69) is 5.32 Å². The number of hydrogen-bond acceptors (Lipinski definition) is 4. The molecule has 0 aliphatic carbocycles. The molecule has 2 N–H and O–H groups in total. The minimum absolute atomic E-state index is 0.0984. The van der Waals surface area contributed by atoms with Gasteiger partial charge >= 0.3 is 5.97 Å². The van der Waals surface area contributed by atoms with E-state index in [-0.39, 0.29) is 18.1 Å². The molecule has 6 nitrogen and oxygen atoms in total. The molecule has 1 aromatic carbocycles. The molecule has 0 saturated carbocycles. The molecule has 1 amide bonds. The molecule has 1 heterocycles. The first-order valence-electron chi connectivity index (χ1n) is 8.06. The van der Waals surface area contributed by atoms with Crippen LogP contribution in [0.1, 0.15) is 48.7 Å². The first kappa shape index (κ1) is 17.8. The van der Waals surface area contributed by atoms with Crippen LogP contribution in [-0.2, 0) is 4.79 Å². The Kier molecular flexibility index (Phi) is 5.84. The Morgan fingerprint density at radius 1 is 1.38 bits per heavy atom. The average Bonchev–Trinajstić information content (AvgIpc) is 2.88. The summed E-state index contributed by atoms with van der Waals surface area (Å²) in [7, 11) is 1.56. The number of nitrogens with one attached hydrogen (secondary N) is 1. The number of rotatable bonds is 8. The van der Waals surface area contributed by atoms with Gasteiger partial charge < -0.3 is 19.6 Å². The third-order valence-corrected chi connectivity index (χ3v) is 4.01. The van der Waals surface area contributed by atoms with E-state index in [0.29, 0.717) is 17.8 Å². The normalized spacial score (nSPS) is 12.1. The van der Waals surface area contributed by atoms with E-state index >= 15 is 0 Å². The predicted octanol–water partition coefficient (Wildman–Crippen LogP) is 3.51. The van der Waals surface area contributed by atoms with Crippen LogP contribution in [0.3, 0.4) is 0 Å². The molecule has 1 atom stereocenters. The number of benzene rings is 1. The van der Waals surface area contributed by atoms with Gasteiger partial charge in [-0.05, 0) is 25.5 Å². The van der Waals surface area contributed by atoms with Crippen LogP contribution in [-0.4, -0.2) is 30.1 Å². The second-order valence-electron chi connectivity index (χ2n) is 5.83. The number of carbonyl (C=O) groups is 2. The van der Waals surface area contributed by atoms with Crippen LogP contribution in [0.2, 0.25) is 0 Å². The number of furan rings is 1. The number of unbranched alkanes of at least 4 members (excludes halogenated alkanes) is 1. The number of amides is 1.